The van der Waals surface area contributed by atoms with E-state index in [1.165, 1.54) is 0 Å². The van der Waals surface area contributed by atoms with Crippen LogP contribution in [0.2, 0.25) is 0 Å². The Morgan fingerprint density at radius 2 is 2.23 bits per heavy atom. The van der Waals surface area contributed by atoms with Gasteiger partial charge in [0.05, 0.1) is 9.67 Å². The first kappa shape index (κ1) is 10.7. The largest absolute Gasteiger partial charge is 0.507 e. The maximum atomic E-state index is 9.65. The summed E-state index contributed by atoms with van der Waals surface area (Å²) in [7, 11) is 1.78. The van der Waals surface area contributed by atoms with Gasteiger partial charge in [0, 0.05) is 6.54 Å². The number of phenols is 1. The van der Waals surface area contributed by atoms with Crippen LogP contribution in [0.4, 0.5) is 0 Å². The number of nitrogens with one attached hydrogen (secondary N) is 1. The Balaban J connectivity index is 2.93. The lowest BCUT2D eigenvalue weighted by Gasteiger charge is -2.12. The van der Waals surface area contributed by atoms with Crippen molar-refractivity contribution in [2.24, 2.45) is 0 Å². The maximum absolute atomic E-state index is 9.65. The van der Waals surface area contributed by atoms with E-state index < -0.39 is 6.10 Å². The summed E-state index contributed by atoms with van der Waals surface area (Å²) in [5.74, 6) is 0.216. The van der Waals surface area contributed by atoms with Crippen LogP contribution in [0, 0.1) is 3.57 Å². The van der Waals surface area contributed by atoms with E-state index in [2.05, 4.69) is 5.32 Å². The van der Waals surface area contributed by atoms with Crippen molar-refractivity contribution in [1.82, 2.24) is 5.32 Å². The van der Waals surface area contributed by atoms with Crippen molar-refractivity contribution in [3.05, 3.63) is 27.3 Å². The summed E-state index contributed by atoms with van der Waals surface area (Å²) >= 11 is 2.02. The van der Waals surface area contributed by atoms with E-state index in [0.717, 1.165) is 5.56 Å². The standard InChI is InChI=1S/C9H12INO2/c1-11-5-8(13)6-3-2-4-7(12)9(6)10/h2-4,8,11-13H,5H2,1H3. The van der Waals surface area contributed by atoms with Crippen LogP contribution in [0.3, 0.4) is 0 Å². The third-order valence-corrected chi connectivity index (χ3v) is 2.94. The molecule has 0 aromatic heterocycles. The minimum Gasteiger partial charge on any atom is -0.507 e. The van der Waals surface area contributed by atoms with E-state index in [1.807, 2.05) is 28.7 Å². The molecule has 1 unspecified atom stereocenters. The second-order valence-corrected chi connectivity index (χ2v) is 3.83. The first-order valence-corrected chi connectivity index (χ1v) is 5.04. The Labute approximate surface area is 90.9 Å². The molecule has 0 fully saturated rings. The summed E-state index contributed by atoms with van der Waals surface area (Å²) < 4.78 is 0.711. The summed E-state index contributed by atoms with van der Waals surface area (Å²) in [5.41, 5.74) is 0.759. The van der Waals surface area contributed by atoms with E-state index in [1.54, 1.807) is 19.2 Å². The highest BCUT2D eigenvalue weighted by Crippen LogP contribution is 2.27. The molecular formula is C9H12INO2. The lowest BCUT2D eigenvalue weighted by Crippen LogP contribution is -2.17. The fourth-order valence-corrected chi connectivity index (χ4v) is 1.82. The number of rotatable bonds is 3. The van der Waals surface area contributed by atoms with Gasteiger partial charge in [-0.25, -0.2) is 0 Å². The smallest absolute Gasteiger partial charge is 0.129 e. The number of aromatic hydroxyl groups is 1. The van der Waals surface area contributed by atoms with Crippen LogP contribution in [-0.4, -0.2) is 23.8 Å². The molecule has 0 aliphatic heterocycles. The molecule has 0 saturated heterocycles. The first-order chi connectivity index (χ1) is 6.16. The minimum atomic E-state index is -0.566. The van der Waals surface area contributed by atoms with E-state index in [0.29, 0.717) is 10.1 Å². The molecule has 0 saturated carbocycles. The summed E-state index contributed by atoms with van der Waals surface area (Å²) in [6, 6.07) is 5.15. The number of halogens is 1. The number of likely N-dealkylation sites (N-methyl/N-ethyl adjacent to an activating group) is 1. The summed E-state index contributed by atoms with van der Waals surface area (Å²) in [6.07, 6.45) is -0.566. The molecule has 0 aliphatic carbocycles. The van der Waals surface area contributed by atoms with Crippen molar-refractivity contribution in [3.63, 3.8) is 0 Å². The minimum absolute atomic E-state index is 0.216. The topological polar surface area (TPSA) is 52.5 Å². The molecule has 72 valence electrons. The van der Waals surface area contributed by atoms with Crippen LogP contribution in [0.25, 0.3) is 0 Å². The van der Waals surface area contributed by atoms with Crippen LogP contribution >= 0.6 is 22.6 Å². The van der Waals surface area contributed by atoms with Gasteiger partial charge in [0.2, 0.25) is 0 Å². The quantitative estimate of drug-likeness (QED) is 0.735. The third-order valence-electron chi connectivity index (χ3n) is 1.76. The van der Waals surface area contributed by atoms with Gasteiger partial charge >= 0.3 is 0 Å². The summed E-state index contributed by atoms with van der Waals surface area (Å²) in [5, 5.41) is 21.9. The number of phenolic OH excluding ortho intramolecular Hbond substituents is 1. The second-order valence-electron chi connectivity index (χ2n) is 2.75. The number of aliphatic hydroxyl groups excluding tert-OH is 1. The zero-order valence-corrected chi connectivity index (χ0v) is 9.45. The Hall–Kier alpha value is -0.330. The predicted molar refractivity (Wildman–Crippen MR) is 59.7 cm³/mol. The van der Waals surface area contributed by atoms with Crippen molar-refractivity contribution >= 4 is 22.6 Å². The summed E-state index contributed by atoms with van der Waals surface area (Å²) in [4.78, 5) is 0. The van der Waals surface area contributed by atoms with E-state index in [-0.39, 0.29) is 5.75 Å². The number of aliphatic hydroxyl groups is 1. The van der Waals surface area contributed by atoms with E-state index in [9.17, 15) is 10.2 Å². The van der Waals surface area contributed by atoms with Crippen molar-refractivity contribution in [2.45, 2.75) is 6.10 Å². The average molecular weight is 293 g/mol. The third kappa shape index (κ3) is 2.55. The molecule has 1 rings (SSSR count). The summed E-state index contributed by atoms with van der Waals surface area (Å²) in [6.45, 7) is 0.486. The first-order valence-electron chi connectivity index (χ1n) is 3.97. The number of hydrogen-bond donors (Lipinski definition) is 3. The Kier molecular flexibility index (Phi) is 3.95. The highest BCUT2D eigenvalue weighted by Gasteiger charge is 2.11. The molecule has 4 heteroatoms. The van der Waals surface area contributed by atoms with Crippen LogP contribution < -0.4 is 5.32 Å². The zero-order valence-electron chi connectivity index (χ0n) is 7.29. The molecule has 0 aliphatic rings. The molecular weight excluding hydrogens is 281 g/mol. The fraction of sp³-hybridized carbons (Fsp3) is 0.333. The molecule has 3 nitrogen and oxygen atoms in total. The van der Waals surface area contributed by atoms with Gasteiger partial charge in [-0.05, 0) is 41.3 Å². The zero-order chi connectivity index (χ0) is 9.84. The van der Waals surface area contributed by atoms with Crippen LogP contribution in [0.15, 0.2) is 18.2 Å². The highest BCUT2D eigenvalue weighted by molar-refractivity contribution is 14.1. The molecule has 13 heavy (non-hydrogen) atoms. The SMILES string of the molecule is CNCC(O)c1cccc(O)c1I. The Bertz CT molecular complexity index is 291. The highest BCUT2D eigenvalue weighted by atomic mass is 127. The van der Waals surface area contributed by atoms with Crippen molar-refractivity contribution in [1.29, 1.82) is 0 Å². The van der Waals surface area contributed by atoms with Gasteiger partial charge in [0.1, 0.15) is 5.75 Å². The lowest BCUT2D eigenvalue weighted by atomic mass is 10.1. The van der Waals surface area contributed by atoms with Gasteiger partial charge in [-0.3, -0.25) is 0 Å². The molecule has 0 radical (unpaired) electrons. The van der Waals surface area contributed by atoms with Gasteiger partial charge in [0.15, 0.2) is 0 Å². The Morgan fingerprint density at radius 1 is 1.54 bits per heavy atom. The molecule has 0 heterocycles. The Morgan fingerprint density at radius 3 is 2.85 bits per heavy atom. The normalized spacial score (nSPS) is 12.8. The monoisotopic (exact) mass is 293 g/mol. The molecule has 0 spiro atoms. The van der Waals surface area contributed by atoms with E-state index in [4.69, 9.17) is 0 Å². The van der Waals surface area contributed by atoms with Gasteiger partial charge in [-0.2, -0.15) is 0 Å². The van der Waals surface area contributed by atoms with Crippen LogP contribution in [0.5, 0.6) is 5.75 Å². The van der Waals surface area contributed by atoms with Crippen LogP contribution in [-0.2, 0) is 0 Å². The van der Waals surface area contributed by atoms with Gasteiger partial charge in [0.25, 0.3) is 0 Å². The molecule has 1 aromatic rings. The molecule has 3 N–H and O–H groups in total. The molecule has 1 atom stereocenters. The van der Waals surface area contributed by atoms with Gasteiger partial charge < -0.3 is 15.5 Å². The second kappa shape index (κ2) is 4.78. The van der Waals surface area contributed by atoms with E-state index >= 15 is 0 Å². The molecule has 0 amide bonds. The number of benzene rings is 1. The van der Waals surface area contributed by atoms with Gasteiger partial charge in [-0.15, -0.1) is 0 Å². The average Bonchev–Trinajstić information content (AvgIpc) is 2.10. The van der Waals surface area contributed by atoms with Crippen molar-refractivity contribution in [3.8, 4) is 5.75 Å². The van der Waals surface area contributed by atoms with Gasteiger partial charge in [-0.1, -0.05) is 12.1 Å². The predicted octanol–water partition coefficient (Wildman–Crippen LogP) is 1.25. The van der Waals surface area contributed by atoms with Crippen molar-refractivity contribution < 1.29 is 10.2 Å². The molecule has 1 aromatic carbocycles. The maximum Gasteiger partial charge on any atom is 0.129 e. The fourth-order valence-electron chi connectivity index (χ4n) is 1.10. The number of hydrogen-bond acceptors (Lipinski definition) is 3. The van der Waals surface area contributed by atoms with Crippen LogP contribution in [0.1, 0.15) is 11.7 Å². The molecule has 0 bridgehead atoms. The lowest BCUT2D eigenvalue weighted by molar-refractivity contribution is 0.176. The van der Waals surface area contributed by atoms with Crippen molar-refractivity contribution in [2.75, 3.05) is 13.6 Å².